The first-order chi connectivity index (χ1) is 8.25. The Balaban J connectivity index is 1.81. The highest BCUT2D eigenvalue weighted by molar-refractivity contribution is 5.23. The van der Waals surface area contributed by atoms with Crippen LogP contribution in [-0.2, 0) is 6.54 Å². The average Bonchev–Trinajstić information content (AvgIpc) is 2.83. The summed E-state index contributed by atoms with van der Waals surface area (Å²) in [5, 5.41) is 19.9. The number of rotatable bonds is 5. The van der Waals surface area contributed by atoms with Gasteiger partial charge in [0.05, 0.1) is 6.10 Å². The van der Waals surface area contributed by atoms with Crippen LogP contribution in [0.15, 0.2) is 36.5 Å². The van der Waals surface area contributed by atoms with Crippen molar-refractivity contribution in [1.82, 2.24) is 15.5 Å². The largest absolute Gasteiger partial charge is 0.387 e. The molecular formula is C13H17N3O. The van der Waals surface area contributed by atoms with Crippen LogP contribution in [-0.4, -0.2) is 21.8 Å². The summed E-state index contributed by atoms with van der Waals surface area (Å²) >= 11 is 0. The monoisotopic (exact) mass is 231 g/mol. The van der Waals surface area contributed by atoms with Crippen LogP contribution < -0.4 is 5.32 Å². The summed E-state index contributed by atoms with van der Waals surface area (Å²) in [5.41, 5.74) is 3.15. The first-order valence-corrected chi connectivity index (χ1v) is 5.69. The van der Waals surface area contributed by atoms with Crippen LogP contribution in [0.2, 0.25) is 0 Å². The molecule has 0 radical (unpaired) electrons. The Morgan fingerprint density at radius 2 is 2.06 bits per heavy atom. The van der Waals surface area contributed by atoms with Crippen molar-refractivity contribution in [2.45, 2.75) is 19.6 Å². The lowest BCUT2D eigenvalue weighted by atomic mass is 10.1. The van der Waals surface area contributed by atoms with Crippen LogP contribution >= 0.6 is 0 Å². The van der Waals surface area contributed by atoms with Gasteiger partial charge in [-0.15, -0.1) is 0 Å². The molecule has 4 heteroatoms. The Hall–Kier alpha value is -1.65. The summed E-state index contributed by atoms with van der Waals surface area (Å²) in [6.45, 7) is 3.25. The standard InChI is InChI=1S/C13H17N3O/c1-10-2-4-11(5-3-10)13(17)9-14-8-12-6-7-15-16-12/h2-7,13-14,17H,8-9H2,1H3,(H,15,16). The summed E-state index contributed by atoms with van der Waals surface area (Å²) in [7, 11) is 0. The van der Waals surface area contributed by atoms with Crippen molar-refractivity contribution in [3.8, 4) is 0 Å². The molecule has 1 aromatic carbocycles. The number of benzene rings is 1. The molecule has 1 heterocycles. The van der Waals surface area contributed by atoms with E-state index >= 15 is 0 Å². The molecule has 0 saturated heterocycles. The molecule has 2 aromatic rings. The van der Waals surface area contributed by atoms with E-state index in [-0.39, 0.29) is 0 Å². The van der Waals surface area contributed by atoms with Gasteiger partial charge < -0.3 is 10.4 Å². The number of aliphatic hydroxyl groups excluding tert-OH is 1. The fourth-order valence-electron chi connectivity index (χ4n) is 1.63. The predicted molar refractivity (Wildman–Crippen MR) is 66.4 cm³/mol. The second kappa shape index (κ2) is 5.61. The number of hydrogen-bond acceptors (Lipinski definition) is 3. The molecular weight excluding hydrogens is 214 g/mol. The normalized spacial score (nSPS) is 12.6. The smallest absolute Gasteiger partial charge is 0.0914 e. The highest BCUT2D eigenvalue weighted by Gasteiger charge is 2.06. The van der Waals surface area contributed by atoms with Gasteiger partial charge >= 0.3 is 0 Å². The summed E-state index contributed by atoms with van der Waals surface area (Å²) in [4.78, 5) is 0. The van der Waals surface area contributed by atoms with E-state index in [4.69, 9.17) is 0 Å². The Labute approximate surface area is 101 Å². The maximum absolute atomic E-state index is 9.95. The number of aromatic nitrogens is 2. The van der Waals surface area contributed by atoms with Gasteiger partial charge in [-0.3, -0.25) is 5.10 Å². The molecule has 0 amide bonds. The van der Waals surface area contributed by atoms with Crippen molar-refractivity contribution in [3.63, 3.8) is 0 Å². The SMILES string of the molecule is Cc1ccc(C(O)CNCc2ccn[nH]2)cc1. The van der Waals surface area contributed by atoms with E-state index in [1.165, 1.54) is 5.56 Å². The molecule has 0 saturated carbocycles. The van der Waals surface area contributed by atoms with Crippen LogP contribution in [0.25, 0.3) is 0 Å². The van der Waals surface area contributed by atoms with E-state index in [1.54, 1.807) is 6.20 Å². The highest BCUT2D eigenvalue weighted by atomic mass is 16.3. The van der Waals surface area contributed by atoms with Gasteiger partial charge in [0.2, 0.25) is 0 Å². The van der Waals surface area contributed by atoms with Crippen molar-refractivity contribution in [2.24, 2.45) is 0 Å². The molecule has 1 atom stereocenters. The Bertz CT molecular complexity index is 436. The summed E-state index contributed by atoms with van der Waals surface area (Å²) in [6, 6.07) is 9.84. The van der Waals surface area contributed by atoms with Crippen LogP contribution in [0.1, 0.15) is 22.9 Å². The number of hydrogen-bond donors (Lipinski definition) is 3. The van der Waals surface area contributed by atoms with Crippen molar-refractivity contribution in [2.75, 3.05) is 6.54 Å². The van der Waals surface area contributed by atoms with Crippen LogP contribution in [0.4, 0.5) is 0 Å². The van der Waals surface area contributed by atoms with E-state index in [1.807, 2.05) is 37.3 Å². The van der Waals surface area contributed by atoms with E-state index in [0.717, 1.165) is 11.3 Å². The molecule has 0 spiro atoms. The van der Waals surface area contributed by atoms with Gasteiger partial charge in [0, 0.05) is 25.0 Å². The minimum atomic E-state index is -0.474. The molecule has 1 aromatic heterocycles. The quantitative estimate of drug-likeness (QED) is 0.731. The zero-order chi connectivity index (χ0) is 12.1. The number of nitrogens with one attached hydrogen (secondary N) is 2. The zero-order valence-electron chi connectivity index (χ0n) is 9.85. The molecule has 1 unspecified atom stereocenters. The molecule has 2 rings (SSSR count). The number of nitrogens with zero attached hydrogens (tertiary/aromatic N) is 1. The lowest BCUT2D eigenvalue weighted by Gasteiger charge is -2.11. The number of aromatic amines is 1. The topological polar surface area (TPSA) is 60.9 Å². The van der Waals surface area contributed by atoms with Crippen LogP contribution in [0.5, 0.6) is 0 Å². The lowest BCUT2D eigenvalue weighted by molar-refractivity contribution is 0.174. The second-order valence-corrected chi connectivity index (χ2v) is 4.14. The number of aliphatic hydroxyl groups is 1. The lowest BCUT2D eigenvalue weighted by Crippen LogP contribution is -2.21. The van der Waals surface area contributed by atoms with Gasteiger partial charge in [0.25, 0.3) is 0 Å². The molecule has 0 aliphatic rings. The summed E-state index contributed by atoms with van der Waals surface area (Å²) in [5.74, 6) is 0. The minimum absolute atomic E-state index is 0.474. The zero-order valence-corrected chi connectivity index (χ0v) is 9.85. The fourth-order valence-corrected chi connectivity index (χ4v) is 1.63. The Morgan fingerprint density at radius 1 is 1.29 bits per heavy atom. The van der Waals surface area contributed by atoms with Gasteiger partial charge in [-0.05, 0) is 18.6 Å². The third-order valence-corrected chi connectivity index (χ3v) is 2.67. The molecule has 0 fully saturated rings. The van der Waals surface area contributed by atoms with E-state index in [9.17, 15) is 5.11 Å². The molecule has 0 aliphatic carbocycles. The van der Waals surface area contributed by atoms with Crippen molar-refractivity contribution in [3.05, 3.63) is 53.3 Å². The third-order valence-electron chi connectivity index (χ3n) is 2.67. The minimum Gasteiger partial charge on any atom is -0.387 e. The molecule has 90 valence electrons. The average molecular weight is 231 g/mol. The van der Waals surface area contributed by atoms with Gasteiger partial charge in [-0.25, -0.2) is 0 Å². The Kier molecular flexibility index (Phi) is 3.90. The first-order valence-electron chi connectivity index (χ1n) is 5.69. The second-order valence-electron chi connectivity index (χ2n) is 4.14. The molecule has 17 heavy (non-hydrogen) atoms. The molecule has 3 N–H and O–H groups in total. The van der Waals surface area contributed by atoms with Crippen molar-refractivity contribution >= 4 is 0 Å². The number of H-pyrrole nitrogens is 1. The van der Waals surface area contributed by atoms with Gasteiger partial charge in [0.1, 0.15) is 0 Å². The molecule has 0 bridgehead atoms. The van der Waals surface area contributed by atoms with Gasteiger partial charge in [-0.1, -0.05) is 29.8 Å². The Morgan fingerprint density at radius 3 is 2.71 bits per heavy atom. The predicted octanol–water partition coefficient (Wildman–Crippen LogP) is 1.54. The maximum Gasteiger partial charge on any atom is 0.0914 e. The number of aryl methyl sites for hydroxylation is 1. The molecule has 0 aliphatic heterocycles. The van der Waals surface area contributed by atoms with Crippen molar-refractivity contribution in [1.29, 1.82) is 0 Å². The summed E-state index contributed by atoms with van der Waals surface area (Å²) in [6.07, 6.45) is 1.24. The maximum atomic E-state index is 9.95. The van der Waals surface area contributed by atoms with Crippen molar-refractivity contribution < 1.29 is 5.11 Å². The molecule has 4 nitrogen and oxygen atoms in total. The third kappa shape index (κ3) is 3.41. The van der Waals surface area contributed by atoms with E-state index in [2.05, 4.69) is 15.5 Å². The van der Waals surface area contributed by atoms with Crippen LogP contribution in [0, 0.1) is 6.92 Å². The fraction of sp³-hybridized carbons (Fsp3) is 0.308. The first kappa shape index (κ1) is 11.8. The highest BCUT2D eigenvalue weighted by Crippen LogP contribution is 2.12. The van der Waals surface area contributed by atoms with Crippen LogP contribution in [0.3, 0.4) is 0 Å². The van der Waals surface area contributed by atoms with Gasteiger partial charge in [-0.2, -0.15) is 5.10 Å². The van der Waals surface area contributed by atoms with Gasteiger partial charge in [0.15, 0.2) is 0 Å². The van der Waals surface area contributed by atoms with E-state index < -0.39 is 6.10 Å². The van der Waals surface area contributed by atoms with E-state index in [0.29, 0.717) is 13.1 Å². The summed E-state index contributed by atoms with van der Waals surface area (Å²) < 4.78 is 0.